The Morgan fingerprint density at radius 1 is 1.35 bits per heavy atom. The van der Waals surface area contributed by atoms with E-state index < -0.39 is 0 Å². The second-order valence-corrected chi connectivity index (χ2v) is 3.80. The molecule has 0 aromatic heterocycles. The predicted octanol–water partition coefficient (Wildman–Crippen LogP) is 1.30. The van der Waals surface area contributed by atoms with Crippen molar-refractivity contribution in [2.24, 2.45) is 0 Å². The Hall–Kier alpha value is -1.55. The summed E-state index contributed by atoms with van der Waals surface area (Å²) in [4.78, 5) is 12.9. The number of aliphatic hydroxyl groups excluding tert-OH is 1. The van der Waals surface area contributed by atoms with Gasteiger partial charge in [-0.15, -0.1) is 0 Å². The van der Waals surface area contributed by atoms with Crippen molar-refractivity contribution in [3.05, 3.63) is 30.3 Å². The largest absolute Gasteiger partial charge is 0.494 e. The van der Waals surface area contributed by atoms with Gasteiger partial charge in [0.05, 0.1) is 13.2 Å². The van der Waals surface area contributed by atoms with Crippen molar-refractivity contribution in [1.82, 2.24) is 4.90 Å². The molecule has 0 unspecified atom stereocenters. The zero-order valence-electron chi connectivity index (χ0n) is 10.1. The number of hydrogen-bond donors (Lipinski definition) is 1. The first-order chi connectivity index (χ1) is 8.24. The fraction of sp³-hybridized carbons (Fsp3) is 0.462. The van der Waals surface area contributed by atoms with Gasteiger partial charge in [0.25, 0.3) is 0 Å². The number of para-hydroxylation sites is 1. The van der Waals surface area contributed by atoms with Gasteiger partial charge in [0.2, 0.25) is 5.91 Å². The number of benzene rings is 1. The fourth-order valence-electron chi connectivity index (χ4n) is 1.42. The summed E-state index contributed by atoms with van der Waals surface area (Å²) in [5.74, 6) is 0.809. The van der Waals surface area contributed by atoms with Crippen LogP contribution >= 0.6 is 0 Å². The van der Waals surface area contributed by atoms with Crippen LogP contribution in [0.15, 0.2) is 30.3 Å². The Bertz CT molecular complexity index is 327. The number of carbonyl (C=O) groups is 1. The molecular weight excluding hydrogens is 218 g/mol. The molecule has 0 saturated carbocycles. The van der Waals surface area contributed by atoms with Crippen LogP contribution in [0.1, 0.15) is 12.8 Å². The second-order valence-electron chi connectivity index (χ2n) is 3.80. The van der Waals surface area contributed by atoms with Gasteiger partial charge in [0, 0.05) is 20.0 Å². The molecule has 17 heavy (non-hydrogen) atoms. The Labute approximate surface area is 102 Å². The summed E-state index contributed by atoms with van der Waals surface area (Å²) in [7, 11) is 1.74. The molecule has 0 heterocycles. The number of rotatable bonds is 7. The number of ether oxygens (including phenoxy) is 1. The van der Waals surface area contributed by atoms with E-state index in [0.717, 1.165) is 12.2 Å². The Morgan fingerprint density at radius 3 is 2.71 bits per heavy atom. The van der Waals surface area contributed by atoms with Crippen LogP contribution in [0.4, 0.5) is 0 Å². The zero-order chi connectivity index (χ0) is 12.5. The second kappa shape index (κ2) is 7.68. The third-order valence-electron chi connectivity index (χ3n) is 2.40. The van der Waals surface area contributed by atoms with E-state index in [1.807, 2.05) is 30.3 Å². The molecule has 4 nitrogen and oxygen atoms in total. The van der Waals surface area contributed by atoms with Crippen LogP contribution in [0.25, 0.3) is 0 Å². The molecule has 1 N–H and O–H groups in total. The average molecular weight is 237 g/mol. The standard InChI is InChI=1S/C13H19NO3/c1-14(13(16)8-10-15)9-5-11-17-12-6-3-2-4-7-12/h2-4,6-7,15H,5,8-11H2,1H3. The summed E-state index contributed by atoms with van der Waals surface area (Å²) in [5, 5.41) is 8.63. The minimum Gasteiger partial charge on any atom is -0.494 e. The molecular formula is C13H19NO3. The van der Waals surface area contributed by atoms with Gasteiger partial charge in [0.1, 0.15) is 5.75 Å². The SMILES string of the molecule is CN(CCCOc1ccccc1)C(=O)CCO. The molecule has 0 spiro atoms. The molecule has 0 radical (unpaired) electrons. The lowest BCUT2D eigenvalue weighted by Crippen LogP contribution is -2.29. The fourth-order valence-corrected chi connectivity index (χ4v) is 1.42. The van der Waals surface area contributed by atoms with Crippen molar-refractivity contribution in [2.45, 2.75) is 12.8 Å². The highest BCUT2D eigenvalue weighted by molar-refractivity contribution is 5.75. The molecule has 4 heteroatoms. The number of carbonyl (C=O) groups excluding carboxylic acids is 1. The van der Waals surface area contributed by atoms with Crippen molar-refractivity contribution in [3.8, 4) is 5.75 Å². The Kier molecular flexibility index (Phi) is 6.10. The number of nitrogens with zero attached hydrogens (tertiary/aromatic N) is 1. The third kappa shape index (κ3) is 5.36. The average Bonchev–Trinajstić information content (AvgIpc) is 2.36. The van der Waals surface area contributed by atoms with Crippen LogP contribution < -0.4 is 4.74 Å². The molecule has 1 rings (SSSR count). The van der Waals surface area contributed by atoms with Crippen molar-refractivity contribution in [3.63, 3.8) is 0 Å². The molecule has 0 aliphatic rings. The van der Waals surface area contributed by atoms with Gasteiger partial charge < -0.3 is 14.7 Å². The van der Waals surface area contributed by atoms with Crippen LogP contribution in [0.2, 0.25) is 0 Å². The number of amides is 1. The minimum atomic E-state index is -0.0936. The summed E-state index contributed by atoms with van der Waals surface area (Å²) < 4.78 is 5.51. The van der Waals surface area contributed by atoms with Gasteiger partial charge in [-0.3, -0.25) is 4.79 Å². The maximum atomic E-state index is 11.3. The quantitative estimate of drug-likeness (QED) is 0.727. The van der Waals surface area contributed by atoms with Crippen molar-refractivity contribution >= 4 is 5.91 Å². The Morgan fingerprint density at radius 2 is 2.06 bits per heavy atom. The van der Waals surface area contributed by atoms with Gasteiger partial charge in [-0.05, 0) is 18.6 Å². The maximum absolute atomic E-state index is 11.3. The minimum absolute atomic E-state index is 0.0350. The van der Waals surface area contributed by atoms with E-state index in [9.17, 15) is 4.79 Å². The van der Waals surface area contributed by atoms with Gasteiger partial charge in [-0.1, -0.05) is 18.2 Å². The predicted molar refractivity (Wildman–Crippen MR) is 65.9 cm³/mol. The van der Waals surface area contributed by atoms with Gasteiger partial charge in [0.15, 0.2) is 0 Å². The third-order valence-corrected chi connectivity index (χ3v) is 2.40. The zero-order valence-corrected chi connectivity index (χ0v) is 10.1. The normalized spacial score (nSPS) is 10.0. The lowest BCUT2D eigenvalue weighted by atomic mass is 10.3. The first-order valence-corrected chi connectivity index (χ1v) is 5.76. The first-order valence-electron chi connectivity index (χ1n) is 5.76. The van der Waals surface area contributed by atoms with E-state index in [1.165, 1.54) is 0 Å². The summed E-state index contributed by atoms with van der Waals surface area (Å²) in [6.07, 6.45) is 0.971. The highest BCUT2D eigenvalue weighted by atomic mass is 16.5. The monoisotopic (exact) mass is 237 g/mol. The molecule has 1 amide bonds. The van der Waals surface area contributed by atoms with Crippen LogP contribution in [-0.2, 0) is 4.79 Å². The molecule has 0 bridgehead atoms. The highest BCUT2D eigenvalue weighted by Gasteiger charge is 2.06. The molecule has 1 aromatic carbocycles. The van der Waals surface area contributed by atoms with Gasteiger partial charge >= 0.3 is 0 Å². The molecule has 0 aliphatic heterocycles. The summed E-state index contributed by atoms with van der Waals surface area (Å²) >= 11 is 0. The topological polar surface area (TPSA) is 49.8 Å². The lowest BCUT2D eigenvalue weighted by molar-refractivity contribution is -0.130. The lowest BCUT2D eigenvalue weighted by Gasteiger charge is -2.16. The number of hydrogen-bond acceptors (Lipinski definition) is 3. The molecule has 94 valence electrons. The van der Waals surface area contributed by atoms with E-state index in [2.05, 4.69) is 0 Å². The molecule has 0 fully saturated rings. The maximum Gasteiger partial charge on any atom is 0.224 e. The molecule has 1 aromatic rings. The van der Waals surface area contributed by atoms with E-state index in [1.54, 1.807) is 11.9 Å². The summed E-state index contributed by atoms with van der Waals surface area (Å²) in [6, 6.07) is 9.59. The van der Waals surface area contributed by atoms with Crippen molar-refractivity contribution in [1.29, 1.82) is 0 Å². The van der Waals surface area contributed by atoms with Crippen molar-refractivity contribution in [2.75, 3.05) is 26.8 Å². The van der Waals surface area contributed by atoms with Crippen LogP contribution in [0.5, 0.6) is 5.75 Å². The smallest absolute Gasteiger partial charge is 0.224 e. The van der Waals surface area contributed by atoms with E-state index in [0.29, 0.717) is 13.2 Å². The highest BCUT2D eigenvalue weighted by Crippen LogP contribution is 2.08. The van der Waals surface area contributed by atoms with Gasteiger partial charge in [-0.2, -0.15) is 0 Å². The summed E-state index contributed by atoms with van der Waals surface area (Å²) in [6.45, 7) is 1.14. The van der Waals surface area contributed by atoms with Crippen LogP contribution in [0, 0.1) is 0 Å². The van der Waals surface area contributed by atoms with Crippen molar-refractivity contribution < 1.29 is 14.6 Å². The first kappa shape index (κ1) is 13.5. The Balaban J connectivity index is 2.14. The molecule has 0 saturated heterocycles. The number of aliphatic hydroxyl groups is 1. The van der Waals surface area contributed by atoms with Gasteiger partial charge in [-0.25, -0.2) is 0 Å². The van der Waals surface area contributed by atoms with E-state index in [4.69, 9.17) is 9.84 Å². The molecule has 0 aliphatic carbocycles. The van der Waals surface area contributed by atoms with Crippen LogP contribution in [-0.4, -0.2) is 42.7 Å². The summed E-state index contributed by atoms with van der Waals surface area (Å²) in [5.41, 5.74) is 0. The molecule has 0 atom stereocenters. The van der Waals surface area contributed by atoms with E-state index >= 15 is 0 Å². The van der Waals surface area contributed by atoms with Crippen LogP contribution in [0.3, 0.4) is 0 Å². The van der Waals surface area contributed by atoms with E-state index in [-0.39, 0.29) is 18.9 Å².